The van der Waals surface area contributed by atoms with Gasteiger partial charge in [0.15, 0.2) is 5.78 Å². The second-order valence-corrected chi connectivity index (χ2v) is 4.86. The Morgan fingerprint density at radius 3 is 2.67 bits per heavy atom. The van der Waals surface area contributed by atoms with Crippen LogP contribution in [0.15, 0.2) is 28.7 Å². The Labute approximate surface area is 98.8 Å². The summed E-state index contributed by atoms with van der Waals surface area (Å²) in [5, 5.41) is 0. The third-order valence-electron chi connectivity index (χ3n) is 2.44. The van der Waals surface area contributed by atoms with Gasteiger partial charge in [-0.05, 0) is 31.5 Å². The van der Waals surface area contributed by atoms with Gasteiger partial charge in [-0.1, -0.05) is 28.1 Å². The molecule has 0 unspecified atom stereocenters. The molecule has 0 N–H and O–H groups in total. The van der Waals surface area contributed by atoms with Gasteiger partial charge in [-0.15, -0.1) is 0 Å². The van der Waals surface area contributed by atoms with E-state index >= 15 is 0 Å². The maximum absolute atomic E-state index is 11.8. The highest BCUT2D eigenvalue weighted by atomic mass is 79.9. The molecule has 1 aromatic carbocycles. The number of ether oxygens (including phenoxy) is 1. The lowest BCUT2D eigenvalue weighted by Crippen LogP contribution is -2.35. The van der Waals surface area contributed by atoms with E-state index in [2.05, 4.69) is 15.9 Å². The average molecular weight is 271 g/mol. The molecule has 0 aromatic heterocycles. The Morgan fingerprint density at radius 1 is 1.47 bits per heavy atom. The van der Waals surface area contributed by atoms with Crippen molar-refractivity contribution in [1.82, 2.24) is 0 Å². The normalized spacial score (nSPS) is 11.5. The zero-order valence-electron chi connectivity index (χ0n) is 9.21. The highest BCUT2D eigenvalue weighted by Crippen LogP contribution is 2.16. The molecule has 3 heteroatoms. The molecular formula is C12H15BrO2. The van der Waals surface area contributed by atoms with Crippen LogP contribution in [0.5, 0.6) is 0 Å². The first-order valence-corrected chi connectivity index (χ1v) is 5.58. The summed E-state index contributed by atoms with van der Waals surface area (Å²) in [5.74, 6) is 0.0862. The second-order valence-electron chi connectivity index (χ2n) is 3.94. The van der Waals surface area contributed by atoms with Gasteiger partial charge in [-0.25, -0.2) is 0 Å². The Hall–Kier alpha value is -0.670. The van der Waals surface area contributed by atoms with Crippen LogP contribution in [0, 0.1) is 0 Å². The number of carbonyl (C=O) groups is 1. The van der Waals surface area contributed by atoms with E-state index in [1.807, 2.05) is 24.3 Å². The van der Waals surface area contributed by atoms with Crippen molar-refractivity contribution in [2.75, 3.05) is 7.11 Å². The molecule has 0 atom stereocenters. The van der Waals surface area contributed by atoms with Crippen LogP contribution in [-0.4, -0.2) is 18.5 Å². The van der Waals surface area contributed by atoms with Crippen LogP contribution in [0.3, 0.4) is 0 Å². The standard InChI is InChI=1S/C12H15BrO2/c1-12(2,15-3)11(14)8-9-5-4-6-10(13)7-9/h4-7H,8H2,1-3H3. The van der Waals surface area contributed by atoms with Crippen LogP contribution in [0.25, 0.3) is 0 Å². The van der Waals surface area contributed by atoms with Gasteiger partial charge in [0.25, 0.3) is 0 Å². The third-order valence-corrected chi connectivity index (χ3v) is 2.93. The fraction of sp³-hybridized carbons (Fsp3) is 0.417. The average Bonchev–Trinajstić information content (AvgIpc) is 2.17. The minimum absolute atomic E-state index is 0.0862. The molecule has 0 radical (unpaired) electrons. The summed E-state index contributed by atoms with van der Waals surface area (Å²) in [6.45, 7) is 3.57. The number of benzene rings is 1. The van der Waals surface area contributed by atoms with E-state index in [1.165, 1.54) is 0 Å². The first kappa shape index (κ1) is 12.4. The number of rotatable bonds is 4. The summed E-state index contributed by atoms with van der Waals surface area (Å²) in [6, 6.07) is 7.75. The van der Waals surface area contributed by atoms with Crippen molar-refractivity contribution in [2.45, 2.75) is 25.9 Å². The lowest BCUT2D eigenvalue weighted by atomic mass is 9.97. The Morgan fingerprint density at radius 2 is 2.13 bits per heavy atom. The lowest BCUT2D eigenvalue weighted by Gasteiger charge is -2.21. The van der Waals surface area contributed by atoms with E-state index in [0.717, 1.165) is 10.0 Å². The van der Waals surface area contributed by atoms with Crippen molar-refractivity contribution in [3.8, 4) is 0 Å². The van der Waals surface area contributed by atoms with Crippen molar-refractivity contribution in [3.63, 3.8) is 0 Å². The fourth-order valence-corrected chi connectivity index (χ4v) is 1.61. The molecule has 0 heterocycles. The third kappa shape index (κ3) is 3.43. The van der Waals surface area contributed by atoms with E-state index in [-0.39, 0.29) is 5.78 Å². The number of ketones is 1. The minimum atomic E-state index is -0.706. The topological polar surface area (TPSA) is 26.3 Å². The van der Waals surface area contributed by atoms with Crippen molar-refractivity contribution in [2.24, 2.45) is 0 Å². The van der Waals surface area contributed by atoms with Crippen LogP contribution < -0.4 is 0 Å². The van der Waals surface area contributed by atoms with Crippen LogP contribution in [0.2, 0.25) is 0 Å². The molecule has 0 spiro atoms. The fourth-order valence-electron chi connectivity index (χ4n) is 1.16. The van der Waals surface area contributed by atoms with Crippen molar-refractivity contribution < 1.29 is 9.53 Å². The summed E-state index contributed by atoms with van der Waals surface area (Å²) in [5.41, 5.74) is 0.294. The van der Waals surface area contributed by atoms with Crippen LogP contribution in [-0.2, 0) is 16.0 Å². The van der Waals surface area contributed by atoms with Gasteiger partial charge in [-0.3, -0.25) is 4.79 Å². The van der Waals surface area contributed by atoms with E-state index in [1.54, 1.807) is 21.0 Å². The SMILES string of the molecule is COC(C)(C)C(=O)Cc1cccc(Br)c1. The van der Waals surface area contributed by atoms with Gasteiger partial charge in [0.2, 0.25) is 0 Å². The van der Waals surface area contributed by atoms with Crippen molar-refractivity contribution in [3.05, 3.63) is 34.3 Å². The zero-order valence-corrected chi connectivity index (χ0v) is 10.8. The van der Waals surface area contributed by atoms with E-state index < -0.39 is 5.60 Å². The first-order valence-electron chi connectivity index (χ1n) is 4.78. The molecule has 1 rings (SSSR count). The van der Waals surface area contributed by atoms with Crippen LogP contribution >= 0.6 is 15.9 Å². The molecule has 0 amide bonds. The van der Waals surface area contributed by atoms with Gasteiger partial charge in [-0.2, -0.15) is 0 Å². The summed E-state index contributed by atoms with van der Waals surface area (Å²) in [6.07, 6.45) is 0.403. The lowest BCUT2D eigenvalue weighted by molar-refractivity contribution is -0.136. The zero-order chi connectivity index (χ0) is 11.5. The van der Waals surface area contributed by atoms with Gasteiger partial charge in [0.05, 0.1) is 0 Å². The number of Topliss-reactive ketones (excluding diaryl/α,β-unsaturated/α-hetero) is 1. The van der Waals surface area contributed by atoms with E-state index in [9.17, 15) is 4.79 Å². The van der Waals surface area contributed by atoms with Crippen LogP contribution in [0.1, 0.15) is 19.4 Å². The van der Waals surface area contributed by atoms with Crippen LogP contribution in [0.4, 0.5) is 0 Å². The largest absolute Gasteiger partial charge is 0.371 e. The smallest absolute Gasteiger partial charge is 0.168 e. The second kappa shape index (κ2) is 4.90. The number of hydrogen-bond donors (Lipinski definition) is 0. The predicted octanol–water partition coefficient (Wildman–Crippen LogP) is 2.99. The Balaban J connectivity index is 2.75. The molecule has 1 aromatic rings. The minimum Gasteiger partial charge on any atom is -0.371 e. The van der Waals surface area contributed by atoms with Gasteiger partial charge >= 0.3 is 0 Å². The molecule has 0 aliphatic carbocycles. The maximum atomic E-state index is 11.8. The highest BCUT2D eigenvalue weighted by molar-refractivity contribution is 9.10. The molecule has 0 saturated carbocycles. The van der Waals surface area contributed by atoms with Gasteiger partial charge in [0, 0.05) is 18.0 Å². The summed E-state index contributed by atoms with van der Waals surface area (Å²) >= 11 is 3.38. The molecule has 15 heavy (non-hydrogen) atoms. The Kier molecular flexibility index (Phi) is 4.05. The molecule has 0 bridgehead atoms. The first-order chi connectivity index (χ1) is 6.95. The molecule has 0 fully saturated rings. The summed E-state index contributed by atoms with van der Waals surface area (Å²) < 4.78 is 6.13. The number of methoxy groups -OCH3 is 1. The Bertz CT molecular complexity index is 358. The molecule has 82 valence electrons. The highest BCUT2D eigenvalue weighted by Gasteiger charge is 2.26. The summed E-state index contributed by atoms with van der Waals surface area (Å²) in [4.78, 5) is 11.8. The maximum Gasteiger partial charge on any atom is 0.168 e. The van der Waals surface area contributed by atoms with Gasteiger partial charge in [0.1, 0.15) is 5.60 Å². The van der Waals surface area contributed by atoms with Crippen molar-refractivity contribution in [1.29, 1.82) is 0 Å². The molecular weight excluding hydrogens is 256 g/mol. The molecule has 0 saturated heterocycles. The number of halogens is 1. The molecule has 0 aliphatic heterocycles. The van der Waals surface area contributed by atoms with E-state index in [0.29, 0.717) is 6.42 Å². The molecule has 2 nitrogen and oxygen atoms in total. The quantitative estimate of drug-likeness (QED) is 0.841. The van der Waals surface area contributed by atoms with Crippen molar-refractivity contribution >= 4 is 21.7 Å². The number of hydrogen-bond acceptors (Lipinski definition) is 2. The van der Waals surface area contributed by atoms with E-state index in [4.69, 9.17) is 4.74 Å². The number of carbonyl (C=O) groups excluding carboxylic acids is 1. The summed E-state index contributed by atoms with van der Waals surface area (Å²) in [7, 11) is 1.55. The predicted molar refractivity (Wildman–Crippen MR) is 63.9 cm³/mol. The molecule has 0 aliphatic rings. The monoisotopic (exact) mass is 270 g/mol. The van der Waals surface area contributed by atoms with Gasteiger partial charge < -0.3 is 4.74 Å².